The predicted molar refractivity (Wildman–Crippen MR) is 95.8 cm³/mol. The second kappa shape index (κ2) is 8.47. The van der Waals surface area contributed by atoms with Crippen LogP contribution >= 0.6 is 0 Å². The predicted octanol–water partition coefficient (Wildman–Crippen LogP) is 2.66. The Morgan fingerprint density at radius 2 is 1.73 bits per heavy atom. The van der Waals surface area contributed by atoms with Gasteiger partial charge in [-0.05, 0) is 25.0 Å². The quantitative estimate of drug-likeness (QED) is 0.809. The molecule has 1 aliphatic rings. The van der Waals surface area contributed by atoms with Crippen LogP contribution in [0.5, 0.6) is 0 Å². The standard InChI is InChI=1S/C20H22N2O4/c23-17(15-5-2-1-3-6-15)8-9-19(24)21-16-10-12-22(13-11-16)20(25)18-7-4-14-26-18/h1-7,14,16H,8-13H2,(H,21,24). The van der Waals surface area contributed by atoms with Crippen molar-refractivity contribution in [2.75, 3.05) is 13.1 Å². The average Bonchev–Trinajstić information content (AvgIpc) is 3.21. The van der Waals surface area contributed by atoms with Gasteiger partial charge < -0.3 is 14.6 Å². The first-order valence-corrected chi connectivity index (χ1v) is 8.84. The number of rotatable bonds is 6. The maximum atomic E-state index is 12.2. The van der Waals surface area contributed by atoms with E-state index in [9.17, 15) is 14.4 Å². The number of piperidine rings is 1. The van der Waals surface area contributed by atoms with E-state index in [0.717, 1.165) is 0 Å². The molecule has 26 heavy (non-hydrogen) atoms. The number of furan rings is 1. The van der Waals surface area contributed by atoms with E-state index in [1.54, 1.807) is 29.2 Å². The van der Waals surface area contributed by atoms with Crippen molar-refractivity contribution in [3.63, 3.8) is 0 Å². The van der Waals surface area contributed by atoms with E-state index in [0.29, 0.717) is 37.3 Å². The van der Waals surface area contributed by atoms with Crippen molar-refractivity contribution in [2.45, 2.75) is 31.7 Å². The van der Waals surface area contributed by atoms with Crippen LogP contribution in [0.2, 0.25) is 0 Å². The van der Waals surface area contributed by atoms with Crippen LogP contribution in [-0.2, 0) is 4.79 Å². The Bertz CT molecular complexity index is 747. The number of hydrogen-bond acceptors (Lipinski definition) is 4. The van der Waals surface area contributed by atoms with E-state index >= 15 is 0 Å². The van der Waals surface area contributed by atoms with Crippen molar-refractivity contribution in [3.8, 4) is 0 Å². The topological polar surface area (TPSA) is 79.6 Å². The van der Waals surface area contributed by atoms with Crippen LogP contribution in [0.25, 0.3) is 0 Å². The summed E-state index contributed by atoms with van der Waals surface area (Å²) in [6.45, 7) is 1.15. The third-order valence-electron chi connectivity index (χ3n) is 4.55. The van der Waals surface area contributed by atoms with Crippen LogP contribution in [0.15, 0.2) is 53.1 Å². The summed E-state index contributed by atoms with van der Waals surface area (Å²) in [4.78, 5) is 38.1. The molecule has 0 atom stereocenters. The number of nitrogens with one attached hydrogen (secondary N) is 1. The Balaban J connectivity index is 1.39. The van der Waals surface area contributed by atoms with E-state index in [-0.39, 0.29) is 36.5 Å². The van der Waals surface area contributed by atoms with Gasteiger partial charge in [0.05, 0.1) is 6.26 Å². The average molecular weight is 354 g/mol. The van der Waals surface area contributed by atoms with Gasteiger partial charge in [0.25, 0.3) is 5.91 Å². The Morgan fingerprint density at radius 1 is 1.00 bits per heavy atom. The highest BCUT2D eigenvalue weighted by atomic mass is 16.3. The molecule has 1 fully saturated rings. The van der Waals surface area contributed by atoms with Crippen LogP contribution in [-0.4, -0.2) is 41.6 Å². The van der Waals surface area contributed by atoms with E-state index in [4.69, 9.17) is 4.42 Å². The minimum absolute atomic E-state index is 0.0281. The van der Waals surface area contributed by atoms with E-state index in [2.05, 4.69) is 5.32 Å². The van der Waals surface area contributed by atoms with Crippen LogP contribution in [0, 0.1) is 0 Å². The zero-order valence-electron chi connectivity index (χ0n) is 14.5. The zero-order valence-corrected chi connectivity index (χ0v) is 14.5. The molecule has 1 aliphatic heterocycles. The molecule has 1 aromatic carbocycles. The molecule has 6 nitrogen and oxygen atoms in total. The fourth-order valence-electron chi connectivity index (χ4n) is 3.08. The molecule has 2 amide bonds. The number of carbonyl (C=O) groups excluding carboxylic acids is 3. The molecule has 1 N–H and O–H groups in total. The van der Waals surface area contributed by atoms with Crippen molar-refractivity contribution < 1.29 is 18.8 Å². The summed E-state index contributed by atoms with van der Waals surface area (Å²) in [5, 5.41) is 2.97. The molecule has 2 aromatic rings. The summed E-state index contributed by atoms with van der Waals surface area (Å²) in [7, 11) is 0. The van der Waals surface area contributed by atoms with E-state index < -0.39 is 0 Å². The van der Waals surface area contributed by atoms with Gasteiger partial charge in [-0.3, -0.25) is 14.4 Å². The summed E-state index contributed by atoms with van der Waals surface area (Å²) >= 11 is 0. The van der Waals surface area contributed by atoms with Gasteiger partial charge in [-0.15, -0.1) is 0 Å². The zero-order chi connectivity index (χ0) is 18.4. The Labute approximate surface area is 152 Å². The third-order valence-corrected chi connectivity index (χ3v) is 4.55. The van der Waals surface area contributed by atoms with Gasteiger partial charge in [-0.2, -0.15) is 0 Å². The molecule has 0 bridgehead atoms. The normalized spacial score (nSPS) is 14.8. The minimum Gasteiger partial charge on any atom is -0.459 e. The highest BCUT2D eigenvalue weighted by molar-refractivity contribution is 5.97. The lowest BCUT2D eigenvalue weighted by Crippen LogP contribution is -2.46. The van der Waals surface area contributed by atoms with Crippen molar-refractivity contribution in [3.05, 3.63) is 60.1 Å². The van der Waals surface area contributed by atoms with Gasteiger partial charge in [0.2, 0.25) is 5.91 Å². The molecule has 6 heteroatoms. The molecule has 1 saturated heterocycles. The molecule has 0 spiro atoms. The lowest BCUT2D eigenvalue weighted by atomic mass is 10.0. The summed E-state index contributed by atoms with van der Waals surface area (Å²) < 4.78 is 5.14. The molecule has 2 heterocycles. The number of amides is 2. The summed E-state index contributed by atoms with van der Waals surface area (Å²) in [5.41, 5.74) is 0.630. The van der Waals surface area contributed by atoms with E-state index in [1.807, 2.05) is 18.2 Å². The summed E-state index contributed by atoms with van der Waals surface area (Å²) in [5.74, 6) is 0.0739. The van der Waals surface area contributed by atoms with Crippen molar-refractivity contribution in [2.24, 2.45) is 0 Å². The van der Waals surface area contributed by atoms with Gasteiger partial charge in [-0.1, -0.05) is 30.3 Å². The largest absolute Gasteiger partial charge is 0.459 e. The second-order valence-corrected chi connectivity index (χ2v) is 6.40. The van der Waals surface area contributed by atoms with Crippen LogP contribution in [0.1, 0.15) is 46.6 Å². The van der Waals surface area contributed by atoms with Gasteiger partial charge in [0, 0.05) is 37.5 Å². The SMILES string of the molecule is O=C(CCC(=O)c1ccccc1)NC1CCN(C(=O)c2ccco2)CC1. The van der Waals surface area contributed by atoms with E-state index in [1.165, 1.54) is 6.26 Å². The van der Waals surface area contributed by atoms with Crippen molar-refractivity contribution >= 4 is 17.6 Å². The van der Waals surface area contributed by atoms with Gasteiger partial charge in [0.15, 0.2) is 11.5 Å². The molecule has 3 rings (SSSR count). The fourth-order valence-corrected chi connectivity index (χ4v) is 3.08. The smallest absolute Gasteiger partial charge is 0.289 e. The number of benzene rings is 1. The van der Waals surface area contributed by atoms with Crippen LogP contribution in [0.4, 0.5) is 0 Å². The maximum absolute atomic E-state index is 12.2. The molecule has 136 valence electrons. The number of nitrogens with zero attached hydrogens (tertiary/aromatic N) is 1. The van der Waals surface area contributed by atoms with Gasteiger partial charge in [-0.25, -0.2) is 0 Å². The number of hydrogen-bond donors (Lipinski definition) is 1. The van der Waals surface area contributed by atoms with Crippen molar-refractivity contribution in [1.29, 1.82) is 0 Å². The summed E-state index contributed by atoms with van der Waals surface area (Å²) in [6, 6.07) is 12.4. The van der Waals surface area contributed by atoms with Gasteiger partial charge in [0.1, 0.15) is 0 Å². The lowest BCUT2D eigenvalue weighted by molar-refractivity contribution is -0.122. The minimum atomic E-state index is -0.120. The Hall–Kier alpha value is -2.89. The maximum Gasteiger partial charge on any atom is 0.289 e. The highest BCUT2D eigenvalue weighted by Crippen LogP contribution is 2.15. The molecular formula is C20H22N2O4. The molecule has 0 aliphatic carbocycles. The molecule has 0 unspecified atom stereocenters. The first-order chi connectivity index (χ1) is 12.6. The third kappa shape index (κ3) is 4.59. The lowest BCUT2D eigenvalue weighted by Gasteiger charge is -2.31. The number of carbonyl (C=O) groups is 3. The molecule has 1 aromatic heterocycles. The second-order valence-electron chi connectivity index (χ2n) is 6.40. The highest BCUT2D eigenvalue weighted by Gasteiger charge is 2.25. The molecule has 0 radical (unpaired) electrons. The molecular weight excluding hydrogens is 332 g/mol. The van der Waals surface area contributed by atoms with Crippen LogP contribution in [0.3, 0.4) is 0 Å². The number of likely N-dealkylation sites (tertiary alicyclic amines) is 1. The first kappa shape index (κ1) is 17.9. The molecule has 0 saturated carbocycles. The first-order valence-electron chi connectivity index (χ1n) is 8.84. The number of ketones is 1. The van der Waals surface area contributed by atoms with Gasteiger partial charge >= 0.3 is 0 Å². The van der Waals surface area contributed by atoms with Crippen molar-refractivity contribution in [1.82, 2.24) is 10.2 Å². The monoisotopic (exact) mass is 354 g/mol. The summed E-state index contributed by atoms with van der Waals surface area (Å²) in [6.07, 6.45) is 3.26. The Morgan fingerprint density at radius 3 is 2.38 bits per heavy atom. The number of Topliss-reactive ketones (excluding diaryl/α,β-unsaturated/α-hetero) is 1. The van der Waals surface area contributed by atoms with Crippen LogP contribution < -0.4 is 5.32 Å². The fraction of sp³-hybridized carbons (Fsp3) is 0.350. The Kier molecular flexibility index (Phi) is 5.84.